The Bertz CT molecular complexity index is 1600. The van der Waals surface area contributed by atoms with Gasteiger partial charge in [-0.15, -0.1) is 11.3 Å². The van der Waals surface area contributed by atoms with Gasteiger partial charge in [-0.25, -0.2) is 14.3 Å². The largest absolute Gasteiger partial charge is 0.448 e. The van der Waals surface area contributed by atoms with Crippen LogP contribution in [-0.4, -0.2) is 29.0 Å². The lowest BCUT2D eigenvalue weighted by Gasteiger charge is -2.18. The smallest absolute Gasteiger partial charge is 0.180 e. The number of hydrogen-bond donors (Lipinski definition) is 0. The van der Waals surface area contributed by atoms with E-state index in [1.807, 2.05) is 49.8 Å². The van der Waals surface area contributed by atoms with E-state index in [1.54, 1.807) is 30.0 Å². The second kappa shape index (κ2) is 32.7. The van der Waals surface area contributed by atoms with Gasteiger partial charge in [-0.05, 0) is 61.9 Å². The molecule has 398 valence electrons. The van der Waals surface area contributed by atoms with Crippen molar-refractivity contribution in [1.82, 2.24) is 29.0 Å². The number of imidazole rings is 1. The quantitative estimate of drug-likeness (QED) is 0.152. The predicted molar refractivity (Wildman–Crippen MR) is 306 cm³/mol. The van der Waals surface area contributed by atoms with Gasteiger partial charge in [-0.1, -0.05) is 227 Å². The zero-order valence-corrected chi connectivity index (χ0v) is 52.7. The Morgan fingerprint density at radius 1 is 0.471 bits per heavy atom. The summed E-state index contributed by atoms with van der Waals surface area (Å²) in [4.78, 5) is 13.2. The minimum Gasteiger partial charge on any atom is -0.448 e. The topological polar surface area (TPSA) is 95.7 Å². The molecule has 0 aliphatic rings. The maximum absolute atomic E-state index is 5.09. The fourth-order valence-electron chi connectivity index (χ4n) is 3.09. The highest BCUT2D eigenvalue weighted by molar-refractivity contribution is 7.09. The van der Waals surface area contributed by atoms with Crippen molar-refractivity contribution in [2.75, 3.05) is 0 Å². The van der Waals surface area contributed by atoms with Gasteiger partial charge in [0.25, 0.3) is 0 Å². The average molecular weight is 990 g/mol. The summed E-state index contributed by atoms with van der Waals surface area (Å²) >= 11 is 3.21. The number of hydrogen-bond acceptors (Lipinski definition) is 9. The molecule has 0 radical (unpaired) electrons. The molecule has 0 aromatic carbocycles. The lowest BCUT2D eigenvalue weighted by Crippen LogP contribution is -2.15. The van der Waals surface area contributed by atoms with Crippen molar-refractivity contribution in [1.29, 1.82) is 0 Å². The number of rotatable bonds is 0. The highest BCUT2D eigenvalue weighted by Gasteiger charge is 2.18. The van der Waals surface area contributed by atoms with E-state index in [0.29, 0.717) is 27.1 Å². The molecule has 0 aliphatic carbocycles. The summed E-state index contributed by atoms with van der Waals surface area (Å²) in [5.74, 6) is 0.933. The van der Waals surface area contributed by atoms with Crippen LogP contribution in [0.1, 0.15) is 249 Å². The molecule has 0 atom stereocenters. The SMILES string of the molecule is CC(C)(C)C.CC(C)(C)C.CC(C)(C)C.CC(C)(C)C.CC(C)(C)C.CC(C)(C)c1cnco1.CC(C)(C)c1cncs1.CC(C)(C)c1cnoc1.Cc1cnsc1.Cn1cncc1C(C)(C)C. The monoisotopic (exact) mass is 989 g/mol. The van der Waals surface area contributed by atoms with Gasteiger partial charge in [0.2, 0.25) is 0 Å². The van der Waals surface area contributed by atoms with Crippen molar-refractivity contribution in [3.63, 3.8) is 0 Å². The van der Waals surface area contributed by atoms with E-state index in [0.717, 1.165) is 11.3 Å². The summed E-state index contributed by atoms with van der Waals surface area (Å²) in [6.07, 6.45) is 14.2. The van der Waals surface area contributed by atoms with Crippen LogP contribution in [0.5, 0.6) is 0 Å². The molecule has 0 aliphatic heterocycles. The van der Waals surface area contributed by atoms with Crippen molar-refractivity contribution in [3.05, 3.63) is 88.3 Å². The molecule has 5 aromatic rings. The maximum atomic E-state index is 5.09. The van der Waals surface area contributed by atoms with Crippen LogP contribution < -0.4 is 0 Å². The molecule has 0 unspecified atom stereocenters. The predicted octanol–water partition coefficient (Wildman–Crippen LogP) is 19.8. The summed E-state index contributed by atoms with van der Waals surface area (Å²) in [7, 11) is 2.02. The van der Waals surface area contributed by atoms with Crippen molar-refractivity contribution in [3.8, 4) is 0 Å². The van der Waals surface area contributed by atoms with Crippen LogP contribution in [0.15, 0.2) is 69.8 Å². The molecule has 5 aromatic heterocycles. The molecule has 0 saturated carbocycles. The normalized spacial score (nSPS) is 11.7. The average Bonchev–Trinajstić information content (AvgIpc) is 3.89. The van der Waals surface area contributed by atoms with E-state index < -0.39 is 0 Å². The van der Waals surface area contributed by atoms with Gasteiger partial charge in [0.05, 0.1) is 24.2 Å². The first-order valence-electron chi connectivity index (χ1n) is 24.2. The van der Waals surface area contributed by atoms with Crippen LogP contribution in [0.3, 0.4) is 0 Å². The number of aromatic nitrogens is 6. The summed E-state index contributed by atoms with van der Waals surface area (Å²) in [5, 5.41) is 5.63. The highest BCUT2D eigenvalue weighted by Crippen LogP contribution is 2.25. The van der Waals surface area contributed by atoms with Crippen molar-refractivity contribution < 1.29 is 8.94 Å². The Morgan fingerprint density at radius 3 is 1.03 bits per heavy atom. The fourth-order valence-corrected chi connectivity index (χ4v) is 4.31. The van der Waals surface area contributed by atoms with Crippen LogP contribution in [0.2, 0.25) is 0 Å². The molecule has 5 heterocycles. The van der Waals surface area contributed by atoms with Gasteiger partial charge in [0.15, 0.2) is 6.39 Å². The second-order valence-electron chi connectivity index (χ2n) is 29.2. The summed E-state index contributed by atoms with van der Waals surface area (Å²) in [6, 6.07) is 0. The third-order valence-electron chi connectivity index (χ3n) is 5.78. The molecule has 0 bridgehead atoms. The van der Waals surface area contributed by atoms with Crippen LogP contribution in [0.4, 0.5) is 0 Å². The number of aryl methyl sites for hydroxylation is 2. The molecule has 0 saturated heterocycles. The number of thiazole rings is 1. The maximum Gasteiger partial charge on any atom is 0.180 e. The summed E-state index contributed by atoms with van der Waals surface area (Å²) < 4.78 is 15.7. The minimum absolute atomic E-state index is 0.0938. The number of oxazole rings is 1. The molecule has 68 heavy (non-hydrogen) atoms. The molecular formula is C58H112N6O2S2. The van der Waals surface area contributed by atoms with Gasteiger partial charge in [0.1, 0.15) is 12.0 Å². The standard InChI is InChI=1S/C8H14N2.2C7H11NO.C7H11NS.5C5H12.C4H5NS/c1-8(2,3)7-5-9-6-10(7)4;1-7(2,3)6-4-8-5-9-6;1-7(2,3)6-4-8-9-5-6;1-7(2,3)6-4-8-5-9-6;5*1-5(2,3)4;1-4-2-5-6-3-4/h5-6H,1-4H3;3*4-5H,1-3H3;5*1-4H3;2-3H,1H3. The van der Waals surface area contributed by atoms with Crippen molar-refractivity contribution >= 4 is 22.9 Å². The van der Waals surface area contributed by atoms with E-state index in [4.69, 9.17) is 8.94 Å². The Balaban J connectivity index is -0.000000219. The Kier molecular flexibility index (Phi) is 35.5. The lowest BCUT2D eigenvalue weighted by molar-refractivity contribution is 0.408. The lowest BCUT2D eigenvalue weighted by atomic mass is 9.90. The van der Waals surface area contributed by atoms with Crippen LogP contribution in [-0.2, 0) is 28.7 Å². The van der Waals surface area contributed by atoms with Crippen molar-refractivity contribution in [2.45, 2.75) is 250 Å². The molecule has 0 N–H and O–H groups in total. The zero-order chi connectivity index (χ0) is 55.4. The first-order chi connectivity index (χ1) is 29.7. The Morgan fingerprint density at radius 2 is 0.897 bits per heavy atom. The van der Waals surface area contributed by atoms with Gasteiger partial charge >= 0.3 is 0 Å². The van der Waals surface area contributed by atoms with E-state index >= 15 is 0 Å². The minimum atomic E-state index is 0.0938. The van der Waals surface area contributed by atoms with Crippen LogP contribution in [0, 0.1) is 34.0 Å². The van der Waals surface area contributed by atoms with Crippen LogP contribution >= 0.6 is 22.9 Å². The zero-order valence-electron chi connectivity index (χ0n) is 51.1. The molecule has 0 fully saturated rings. The molecule has 8 nitrogen and oxygen atoms in total. The first-order valence-corrected chi connectivity index (χ1v) is 25.9. The van der Waals surface area contributed by atoms with E-state index in [1.165, 1.54) is 34.1 Å². The molecule has 5 rings (SSSR count). The summed E-state index contributed by atoms with van der Waals surface area (Å²) in [6.45, 7) is 71.6. The first kappa shape index (κ1) is 73.8. The van der Waals surface area contributed by atoms with E-state index in [9.17, 15) is 0 Å². The summed E-state index contributed by atoms with van der Waals surface area (Å²) in [5.41, 5.74) is 8.79. The molecule has 10 heteroatoms. The third-order valence-corrected chi connectivity index (χ3v) is 7.69. The molecule has 0 spiro atoms. The van der Waals surface area contributed by atoms with Gasteiger partial charge < -0.3 is 13.5 Å². The Hall–Kier alpha value is -3.11. The second-order valence-corrected chi connectivity index (χ2v) is 30.8. The van der Waals surface area contributed by atoms with Crippen LogP contribution in [0.25, 0.3) is 0 Å². The van der Waals surface area contributed by atoms with E-state index in [2.05, 4.69) is 251 Å². The third kappa shape index (κ3) is 69.5. The molecular weight excluding hydrogens is 877 g/mol. The van der Waals surface area contributed by atoms with Gasteiger partial charge in [0, 0.05) is 58.0 Å². The van der Waals surface area contributed by atoms with E-state index in [-0.39, 0.29) is 21.7 Å². The van der Waals surface area contributed by atoms with Gasteiger partial charge in [-0.2, -0.15) is 0 Å². The Labute approximate surface area is 431 Å². The van der Waals surface area contributed by atoms with Gasteiger partial charge in [-0.3, -0.25) is 4.98 Å². The molecule has 0 amide bonds. The highest BCUT2D eigenvalue weighted by atomic mass is 32.1. The van der Waals surface area contributed by atoms with Crippen molar-refractivity contribution in [2.24, 2.45) is 34.1 Å². The fraction of sp³-hybridized carbons (Fsp3) is 0.741. The number of nitrogens with zero attached hydrogens (tertiary/aromatic N) is 6.